The topological polar surface area (TPSA) is 142 Å². The SMILES string of the molecule is CO[C@@H]1C[C@H](C[C@@H]2CC[C@@H](C)[C@H]([C@H](C)C(=O)O)O2)O[C@@]2(O[C@](C)([C@@H]3CC[C@](C)([C@H]4O[C@H]([C@H]5O[C@](O)(CO)[C@H](C)C[C@@H]5C)C[C@@H]4C)O3)C[C@H]2C)[C@H]1C. The normalized spacial score (nSPS) is 54.2. The molecule has 0 aromatic carbocycles. The minimum absolute atomic E-state index is 0.00727. The second-order valence-corrected chi connectivity index (χ2v) is 18.4. The van der Waals surface area contributed by atoms with Crippen LogP contribution >= 0.6 is 0 Å². The van der Waals surface area contributed by atoms with Gasteiger partial charge in [-0.25, -0.2) is 0 Å². The highest BCUT2D eigenvalue weighted by atomic mass is 16.7. The predicted octanol–water partition coefficient (Wildman–Crippen LogP) is 5.71. The molecule has 6 saturated heterocycles. The van der Waals surface area contributed by atoms with Gasteiger partial charge in [0.2, 0.25) is 0 Å². The van der Waals surface area contributed by atoms with Gasteiger partial charge in [-0.05, 0) is 83.5 Å². The number of aliphatic carboxylic acids is 1. The molecule has 1 spiro atoms. The number of hydrogen-bond acceptors (Lipinski definition) is 10. The first-order valence-corrected chi connectivity index (χ1v) is 20.0. The number of carbonyl (C=O) groups is 1. The Hall–Kier alpha value is -0.890. The number of ether oxygens (including phenoxy) is 7. The van der Waals surface area contributed by atoms with Gasteiger partial charge in [-0.2, -0.15) is 0 Å². The summed E-state index contributed by atoms with van der Waals surface area (Å²) in [6.45, 7) is 18.4. The third kappa shape index (κ3) is 7.19. The number of aliphatic hydroxyl groups excluding tert-OH is 1. The first-order chi connectivity index (χ1) is 23.9. The highest BCUT2D eigenvalue weighted by Crippen LogP contribution is 2.57. The Labute approximate surface area is 305 Å². The summed E-state index contributed by atoms with van der Waals surface area (Å²) in [5.41, 5.74) is -1.10. The molecule has 6 fully saturated rings. The van der Waals surface area contributed by atoms with E-state index in [1.807, 2.05) is 6.92 Å². The van der Waals surface area contributed by atoms with Gasteiger partial charge >= 0.3 is 5.97 Å². The first kappa shape index (κ1) is 39.8. The second-order valence-electron chi connectivity index (χ2n) is 18.4. The van der Waals surface area contributed by atoms with Crippen molar-refractivity contribution in [3.63, 3.8) is 0 Å². The summed E-state index contributed by atoms with van der Waals surface area (Å²) in [7, 11) is 1.77. The second kappa shape index (κ2) is 14.6. The lowest BCUT2D eigenvalue weighted by Crippen LogP contribution is -2.58. The van der Waals surface area contributed by atoms with Crippen molar-refractivity contribution in [2.24, 2.45) is 41.4 Å². The quantitative estimate of drug-likeness (QED) is 0.269. The number of rotatable bonds is 9. The summed E-state index contributed by atoms with van der Waals surface area (Å²) in [5, 5.41) is 30.7. The number of carboxylic acids is 1. The highest BCUT2D eigenvalue weighted by Gasteiger charge is 2.65. The van der Waals surface area contributed by atoms with Crippen LogP contribution in [0.15, 0.2) is 0 Å². The molecule has 6 aliphatic rings. The standard InChI is InChI=1S/C40H68O11/c1-21-11-12-28(46-33(21)26(6)36(42)43)17-29-18-30(45-10)27(7)40(48-29)25(5)19-38(9,51-40)32-13-14-37(8,49-32)35-23(3)16-31(47-35)34-22(2)15-24(4)39(44,20-41)50-34/h21-35,41,44H,11-20H2,1-10H3,(H,42,43)/t21-,22+,23+,24-,25-,26+,27+,28+,29+,30-,31+,32+,33-,34+,35+,37-,38+,39-,40+/m1/s1. The molecule has 0 radical (unpaired) electrons. The molecule has 6 heterocycles. The van der Waals surface area contributed by atoms with Crippen LogP contribution in [0.25, 0.3) is 0 Å². The Morgan fingerprint density at radius 1 is 0.863 bits per heavy atom. The summed E-state index contributed by atoms with van der Waals surface area (Å²) in [5.74, 6) is -3.26. The van der Waals surface area contributed by atoms with E-state index in [-0.39, 0.29) is 84.3 Å². The van der Waals surface area contributed by atoms with E-state index < -0.39 is 41.3 Å². The Balaban J connectivity index is 1.13. The molecule has 0 aliphatic carbocycles. The Kier molecular flexibility index (Phi) is 11.4. The van der Waals surface area contributed by atoms with Crippen LogP contribution in [0.1, 0.15) is 120 Å². The number of methoxy groups -OCH3 is 1. The van der Waals surface area contributed by atoms with E-state index >= 15 is 0 Å². The third-order valence-corrected chi connectivity index (χ3v) is 14.4. The Morgan fingerprint density at radius 2 is 1.59 bits per heavy atom. The summed E-state index contributed by atoms with van der Waals surface area (Å²) < 4.78 is 47.0. The molecular formula is C40H68O11. The maximum atomic E-state index is 11.8. The van der Waals surface area contributed by atoms with Crippen LogP contribution < -0.4 is 0 Å². The lowest BCUT2D eigenvalue weighted by molar-refractivity contribution is -0.353. The Bertz CT molecular complexity index is 1230. The van der Waals surface area contributed by atoms with Gasteiger partial charge in [0.25, 0.3) is 0 Å². The molecule has 6 aliphatic heterocycles. The average molecular weight is 725 g/mol. The van der Waals surface area contributed by atoms with Crippen LogP contribution in [0.3, 0.4) is 0 Å². The fourth-order valence-electron chi connectivity index (χ4n) is 11.3. The molecule has 11 nitrogen and oxygen atoms in total. The van der Waals surface area contributed by atoms with E-state index in [1.165, 1.54) is 0 Å². The van der Waals surface area contributed by atoms with E-state index in [4.69, 9.17) is 33.2 Å². The van der Waals surface area contributed by atoms with Crippen LogP contribution in [0.5, 0.6) is 0 Å². The van der Waals surface area contributed by atoms with Crippen molar-refractivity contribution in [2.75, 3.05) is 13.7 Å². The van der Waals surface area contributed by atoms with Crippen LogP contribution in [-0.4, -0.2) is 107 Å². The van der Waals surface area contributed by atoms with E-state index in [2.05, 4.69) is 48.5 Å². The van der Waals surface area contributed by atoms with Crippen molar-refractivity contribution in [1.29, 1.82) is 0 Å². The van der Waals surface area contributed by atoms with Crippen molar-refractivity contribution < 1.29 is 53.3 Å². The van der Waals surface area contributed by atoms with Crippen molar-refractivity contribution in [1.82, 2.24) is 0 Å². The van der Waals surface area contributed by atoms with Gasteiger partial charge in [0, 0.05) is 37.7 Å². The summed E-state index contributed by atoms with van der Waals surface area (Å²) in [6, 6.07) is 0. The molecule has 6 rings (SSSR count). The molecule has 0 unspecified atom stereocenters. The first-order valence-electron chi connectivity index (χ1n) is 20.0. The lowest BCUT2D eigenvalue weighted by atomic mass is 9.78. The van der Waals surface area contributed by atoms with E-state index in [0.29, 0.717) is 6.42 Å². The van der Waals surface area contributed by atoms with Crippen molar-refractivity contribution in [2.45, 2.75) is 192 Å². The van der Waals surface area contributed by atoms with Crippen LogP contribution in [0.4, 0.5) is 0 Å². The maximum absolute atomic E-state index is 11.8. The van der Waals surface area contributed by atoms with Crippen LogP contribution in [0, 0.1) is 41.4 Å². The number of hydrogen-bond donors (Lipinski definition) is 3. The monoisotopic (exact) mass is 724 g/mol. The molecular weight excluding hydrogens is 656 g/mol. The van der Waals surface area contributed by atoms with Crippen molar-refractivity contribution >= 4 is 5.97 Å². The van der Waals surface area contributed by atoms with E-state index in [1.54, 1.807) is 14.0 Å². The Morgan fingerprint density at radius 3 is 2.25 bits per heavy atom. The van der Waals surface area contributed by atoms with Crippen LogP contribution in [-0.2, 0) is 38.0 Å². The van der Waals surface area contributed by atoms with Gasteiger partial charge in [-0.3, -0.25) is 4.79 Å². The average Bonchev–Trinajstić information content (AvgIpc) is 3.75. The van der Waals surface area contributed by atoms with Gasteiger partial charge in [-0.1, -0.05) is 41.5 Å². The molecule has 19 atom stereocenters. The molecule has 0 aromatic heterocycles. The third-order valence-electron chi connectivity index (χ3n) is 14.4. The predicted molar refractivity (Wildman–Crippen MR) is 189 cm³/mol. The summed E-state index contributed by atoms with van der Waals surface area (Å²) >= 11 is 0. The zero-order valence-corrected chi connectivity index (χ0v) is 32.8. The summed E-state index contributed by atoms with van der Waals surface area (Å²) in [6.07, 6.45) is 5.85. The van der Waals surface area contributed by atoms with Gasteiger partial charge in [0.05, 0.1) is 72.6 Å². The molecule has 294 valence electrons. The minimum atomic E-state index is -1.55. The largest absolute Gasteiger partial charge is 0.481 e. The fourth-order valence-corrected chi connectivity index (χ4v) is 11.3. The highest BCUT2D eigenvalue weighted by molar-refractivity contribution is 5.70. The van der Waals surface area contributed by atoms with Gasteiger partial charge in [-0.15, -0.1) is 0 Å². The van der Waals surface area contributed by atoms with Gasteiger partial charge < -0.3 is 48.5 Å². The van der Waals surface area contributed by atoms with Gasteiger partial charge in [0.15, 0.2) is 11.6 Å². The molecule has 0 amide bonds. The maximum Gasteiger partial charge on any atom is 0.308 e. The summed E-state index contributed by atoms with van der Waals surface area (Å²) in [4.78, 5) is 11.8. The number of carboxylic acid groups (broad SMARTS) is 1. The smallest absolute Gasteiger partial charge is 0.308 e. The van der Waals surface area contributed by atoms with Crippen molar-refractivity contribution in [3.05, 3.63) is 0 Å². The molecule has 11 heteroatoms. The number of aliphatic hydroxyl groups is 2. The lowest BCUT2D eigenvalue weighted by Gasteiger charge is -2.50. The van der Waals surface area contributed by atoms with E-state index in [9.17, 15) is 20.1 Å². The van der Waals surface area contributed by atoms with E-state index in [0.717, 1.165) is 51.4 Å². The van der Waals surface area contributed by atoms with Gasteiger partial charge in [0.1, 0.15) is 0 Å². The van der Waals surface area contributed by atoms with Crippen LogP contribution in [0.2, 0.25) is 0 Å². The molecule has 0 bridgehead atoms. The fraction of sp³-hybridized carbons (Fsp3) is 0.975. The molecule has 51 heavy (non-hydrogen) atoms. The minimum Gasteiger partial charge on any atom is -0.481 e. The zero-order valence-electron chi connectivity index (χ0n) is 32.8. The molecule has 0 saturated carbocycles. The molecule has 3 N–H and O–H groups in total. The zero-order chi connectivity index (χ0) is 37.3. The molecule has 0 aromatic rings. The van der Waals surface area contributed by atoms with Crippen molar-refractivity contribution in [3.8, 4) is 0 Å².